The van der Waals surface area contributed by atoms with E-state index < -0.39 is 11.9 Å². The average Bonchev–Trinajstić information content (AvgIpc) is 2.67. The third kappa shape index (κ3) is 4.52. The molecule has 0 bridgehead atoms. The maximum atomic E-state index is 12.1. The van der Waals surface area contributed by atoms with Gasteiger partial charge in [-0.2, -0.15) is 10.2 Å². The molecule has 6 heteroatoms. The van der Waals surface area contributed by atoms with Crippen molar-refractivity contribution in [3.8, 4) is 17.8 Å². The molecular weight excluding hydrogens is 332 g/mol. The van der Waals surface area contributed by atoms with Gasteiger partial charge >= 0.3 is 11.9 Å². The fourth-order valence-corrected chi connectivity index (χ4v) is 1.86. The van der Waals surface area contributed by atoms with E-state index in [1.807, 2.05) is 6.07 Å². The van der Waals surface area contributed by atoms with E-state index in [0.29, 0.717) is 5.56 Å². The number of carbonyl (C=O) groups is 2. The minimum Gasteiger partial charge on any atom is -0.404 e. The Morgan fingerprint density at radius 1 is 1.08 bits per heavy atom. The van der Waals surface area contributed by atoms with E-state index in [4.69, 9.17) is 14.7 Å². The van der Waals surface area contributed by atoms with Crippen molar-refractivity contribution in [2.75, 3.05) is 0 Å². The summed E-state index contributed by atoms with van der Waals surface area (Å²) in [5.74, 6) is -1.77. The number of aromatic nitrogens is 1. The first-order chi connectivity index (χ1) is 12.6. The van der Waals surface area contributed by atoms with Crippen LogP contribution in [0.2, 0.25) is 0 Å². The van der Waals surface area contributed by atoms with E-state index in [0.717, 1.165) is 0 Å². The monoisotopic (exact) mass is 346 g/mol. The zero-order valence-corrected chi connectivity index (χ0v) is 13.7. The summed E-state index contributed by atoms with van der Waals surface area (Å²) >= 11 is 0. The molecule has 26 heavy (non-hydrogen) atoms. The fraction of sp³-hybridized carbons (Fsp3) is 0. The number of pyridine rings is 1. The number of benzene rings is 1. The Labute approximate surface area is 150 Å². The molecule has 128 valence electrons. The van der Waals surface area contributed by atoms with Gasteiger partial charge in [-0.05, 0) is 24.3 Å². The molecule has 0 saturated carbocycles. The van der Waals surface area contributed by atoms with E-state index >= 15 is 0 Å². The summed E-state index contributed by atoms with van der Waals surface area (Å²) in [6.45, 7) is 6.99. The molecule has 0 aliphatic carbocycles. The first-order valence-corrected chi connectivity index (χ1v) is 7.44. The number of hydrogen-bond donors (Lipinski definition) is 0. The van der Waals surface area contributed by atoms with Crippen LogP contribution in [0.1, 0.15) is 15.9 Å². The number of nitrogens with zero attached hydrogens (tertiary/aromatic N) is 2. The molecule has 0 unspecified atom stereocenters. The molecule has 0 amide bonds. The highest BCUT2D eigenvalue weighted by atomic mass is 16.6. The Morgan fingerprint density at radius 3 is 2.42 bits per heavy atom. The van der Waals surface area contributed by atoms with Gasteiger partial charge in [-0.1, -0.05) is 43.5 Å². The summed E-state index contributed by atoms with van der Waals surface area (Å²) in [7, 11) is 0. The van der Waals surface area contributed by atoms with Gasteiger partial charge in [0.05, 0.1) is 11.1 Å². The van der Waals surface area contributed by atoms with Crippen LogP contribution in [0.5, 0.6) is 11.8 Å². The van der Waals surface area contributed by atoms with Crippen molar-refractivity contribution in [2.45, 2.75) is 0 Å². The largest absolute Gasteiger partial charge is 0.404 e. The van der Waals surface area contributed by atoms with E-state index in [9.17, 15) is 9.59 Å². The topological polar surface area (TPSA) is 89.3 Å². The number of nitriles is 1. The minimum absolute atomic E-state index is 0.0138. The summed E-state index contributed by atoms with van der Waals surface area (Å²) in [6.07, 6.45) is 4.09. The quantitative estimate of drug-likeness (QED) is 0.452. The number of hydrogen-bond acceptors (Lipinski definition) is 6. The van der Waals surface area contributed by atoms with Crippen molar-refractivity contribution >= 4 is 11.9 Å². The van der Waals surface area contributed by atoms with Crippen LogP contribution in [0.15, 0.2) is 79.4 Å². The number of ether oxygens (including phenoxy) is 2. The highest BCUT2D eigenvalue weighted by Crippen LogP contribution is 2.21. The van der Waals surface area contributed by atoms with E-state index in [-0.39, 0.29) is 22.9 Å². The van der Waals surface area contributed by atoms with Gasteiger partial charge in [0.2, 0.25) is 11.8 Å². The van der Waals surface area contributed by atoms with Crippen LogP contribution < -0.4 is 9.47 Å². The van der Waals surface area contributed by atoms with Gasteiger partial charge in [0.25, 0.3) is 0 Å². The Kier molecular flexibility index (Phi) is 6.18. The second kappa shape index (κ2) is 8.76. The maximum absolute atomic E-state index is 12.1. The predicted molar refractivity (Wildman–Crippen MR) is 94.5 cm³/mol. The number of rotatable bonds is 6. The van der Waals surface area contributed by atoms with Crippen LogP contribution in [-0.2, 0) is 4.79 Å². The third-order valence-electron chi connectivity index (χ3n) is 3.10. The van der Waals surface area contributed by atoms with Crippen LogP contribution in [0.4, 0.5) is 0 Å². The summed E-state index contributed by atoms with van der Waals surface area (Å²) in [5, 5.41) is 9.14. The molecule has 1 aromatic carbocycles. The molecule has 2 aromatic rings. The first-order valence-electron chi connectivity index (χ1n) is 7.44. The van der Waals surface area contributed by atoms with Gasteiger partial charge in [0, 0.05) is 6.07 Å². The molecule has 0 fully saturated rings. The Bertz CT molecular complexity index is 925. The van der Waals surface area contributed by atoms with Gasteiger partial charge < -0.3 is 9.47 Å². The molecule has 1 heterocycles. The predicted octanol–water partition coefficient (Wildman–Crippen LogP) is 3.38. The SMILES string of the molecule is C=C/C=C(\C=C)C(=O)Oc1nc(OC(=O)c2ccccc2)ccc1C#N. The molecule has 0 radical (unpaired) electrons. The standard InChI is InChI=1S/C20H14N2O4/c1-3-8-14(4-2)19(23)26-18-16(13-21)11-12-17(22-18)25-20(24)15-9-6-5-7-10-15/h3-12H,1-2H2/b14-8+. The normalized spacial score (nSPS) is 10.3. The maximum Gasteiger partial charge on any atom is 0.344 e. The molecule has 0 spiro atoms. The molecule has 2 rings (SSSR count). The average molecular weight is 346 g/mol. The second-order valence-electron chi connectivity index (χ2n) is 4.82. The fourth-order valence-electron chi connectivity index (χ4n) is 1.86. The molecular formula is C20H14N2O4. The highest BCUT2D eigenvalue weighted by molar-refractivity contribution is 5.93. The van der Waals surface area contributed by atoms with Gasteiger partial charge in [-0.3, -0.25) is 0 Å². The molecule has 0 saturated heterocycles. The first kappa shape index (κ1) is 18.4. The van der Waals surface area contributed by atoms with Crippen molar-refractivity contribution in [1.82, 2.24) is 4.98 Å². The Balaban J connectivity index is 2.26. The lowest BCUT2D eigenvalue weighted by Gasteiger charge is -2.08. The van der Waals surface area contributed by atoms with Crippen LogP contribution in [0.25, 0.3) is 0 Å². The Hall–Kier alpha value is -3.98. The summed E-state index contributed by atoms with van der Waals surface area (Å²) in [5.41, 5.74) is 0.484. The molecule has 0 N–H and O–H groups in total. The number of esters is 2. The summed E-state index contributed by atoms with van der Waals surface area (Å²) in [6, 6.07) is 12.9. The minimum atomic E-state index is -0.768. The van der Waals surface area contributed by atoms with Crippen LogP contribution in [0, 0.1) is 11.3 Å². The smallest absolute Gasteiger partial charge is 0.344 e. The highest BCUT2D eigenvalue weighted by Gasteiger charge is 2.16. The summed E-state index contributed by atoms with van der Waals surface area (Å²) in [4.78, 5) is 28.1. The molecule has 6 nitrogen and oxygen atoms in total. The zero-order valence-electron chi connectivity index (χ0n) is 13.7. The van der Waals surface area contributed by atoms with Gasteiger partial charge in [-0.15, -0.1) is 0 Å². The lowest BCUT2D eigenvalue weighted by atomic mass is 10.2. The lowest BCUT2D eigenvalue weighted by molar-refractivity contribution is -0.130. The zero-order chi connectivity index (χ0) is 18.9. The van der Waals surface area contributed by atoms with Gasteiger partial charge in [-0.25, -0.2) is 9.59 Å². The molecule has 0 atom stereocenters. The van der Waals surface area contributed by atoms with Crippen molar-refractivity contribution in [3.63, 3.8) is 0 Å². The summed E-state index contributed by atoms with van der Waals surface area (Å²) < 4.78 is 10.3. The van der Waals surface area contributed by atoms with Crippen molar-refractivity contribution in [3.05, 3.63) is 90.6 Å². The molecule has 0 aliphatic rings. The molecule has 1 aromatic heterocycles. The van der Waals surface area contributed by atoms with E-state index in [1.54, 1.807) is 30.3 Å². The van der Waals surface area contributed by atoms with Crippen molar-refractivity contribution in [1.29, 1.82) is 5.26 Å². The Morgan fingerprint density at radius 2 is 1.81 bits per heavy atom. The second-order valence-corrected chi connectivity index (χ2v) is 4.82. The van der Waals surface area contributed by atoms with Crippen LogP contribution in [-0.4, -0.2) is 16.9 Å². The number of carbonyl (C=O) groups excluding carboxylic acids is 2. The van der Waals surface area contributed by atoms with Crippen molar-refractivity contribution < 1.29 is 19.1 Å². The van der Waals surface area contributed by atoms with Gasteiger partial charge in [0.1, 0.15) is 11.6 Å². The lowest BCUT2D eigenvalue weighted by Crippen LogP contribution is -2.13. The van der Waals surface area contributed by atoms with Crippen LogP contribution >= 0.6 is 0 Å². The van der Waals surface area contributed by atoms with Crippen molar-refractivity contribution in [2.24, 2.45) is 0 Å². The third-order valence-corrected chi connectivity index (χ3v) is 3.10. The van der Waals surface area contributed by atoms with Crippen LogP contribution in [0.3, 0.4) is 0 Å². The van der Waals surface area contributed by atoms with E-state index in [1.165, 1.54) is 30.4 Å². The van der Waals surface area contributed by atoms with Gasteiger partial charge in [0.15, 0.2) is 0 Å². The number of allylic oxidation sites excluding steroid dienone is 2. The van der Waals surface area contributed by atoms with E-state index in [2.05, 4.69) is 18.1 Å². The molecule has 0 aliphatic heterocycles.